The Bertz CT molecular complexity index is 1280. The minimum atomic E-state index is -0.654. The van der Waals surface area contributed by atoms with Gasteiger partial charge in [0.2, 0.25) is 11.9 Å². The van der Waals surface area contributed by atoms with Crippen molar-refractivity contribution < 1.29 is 14.4 Å². The predicted molar refractivity (Wildman–Crippen MR) is 134 cm³/mol. The number of halogens is 1. The quantitative estimate of drug-likeness (QED) is 0.338. The van der Waals surface area contributed by atoms with Crippen molar-refractivity contribution in [1.82, 2.24) is 14.9 Å². The Morgan fingerprint density at radius 1 is 1.11 bits per heavy atom. The van der Waals surface area contributed by atoms with Gasteiger partial charge in [0.25, 0.3) is 11.7 Å². The molecular formula is C24H24ClN7O3. The molecule has 180 valence electrons. The van der Waals surface area contributed by atoms with Gasteiger partial charge in [0, 0.05) is 32.0 Å². The molecule has 0 saturated carbocycles. The third-order valence-electron chi connectivity index (χ3n) is 5.45. The number of Topliss-reactive ketones (excluding diaryl/α,β-unsaturated/α-hetero) is 1. The first-order chi connectivity index (χ1) is 16.7. The Hall–Kier alpha value is -4.02. The number of nitrogens with zero attached hydrogens (tertiary/aromatic N) is 4. The van der Waals surface area contributed by atoms with E-state index in [1.54, 1.807) is 41.3 Å². The van der Waals surface area contributed by atoms with Crippen molar-refractivity contribution in [2.45, 2.75) is 12.5 Å². The van der Waals surface area contributed by atoms with E-state index < -0.39 is 17.7 Å². The molecule has 3 aromatic rings. The number of hydrogen-bond acceptors (Lipinski definition) is 8. The highest BCUT2D eigenvalue weighted by Gasteiger charge is 2.29. The van der Waals surface area contributed by atoms with Crippen LogP contribution in [-0.4, -0.2) is 59.1 Å². The fraction of sp³-hybridized carbons (Fsp3) is 0.208. The fourth-order valence-electron chi connectivity index (χ4n) is 3.56. The topological polar surface area (TPSA) is 134 Å². The first-order valence-corrected chi connectivity index (χ1v) is 11.2. The van der Waals surface area contributed by atoms with Crippen LogP contribution >= 0.6 is 11.6 Å². The molecule has 1 saturated heterocycles. The minimum Gasteiger partial charge on any atom is -0.342 e. The molecule has 2 aromatic carbocycles. The number of nitrogens with one attached hydrogen (secondary N) is 2. The highest BCUT2D eigenvalue weighted by atomic mass is 35.5. The molecule has 1 atom stereocenters. The molecule has 1 aliphatic rings. The second-order valence-electron chi connectivity index (χ2n) is 8.15. The molecule has 4 N–H and O–H groups in total. The van der Waals surface area contributed by atoms with Crippen molar-refractivity contribution in [3.63, 3.8) is 0 Å². The molecule has 1 unspecified atom stereocenters. The summed E-state index contributed by atoms with van der Waals surface area (Å²) in [7, 11) is 3.03. The molecule has 11 heteroatoms. The first kappa shape index (κ1) is 24.1. The summed E-state index contributed by atoms with van der Waals surface area (Å²) in [6.45, 7) is 0.590. The van der Waals surface area contributed by atoms with Crippen molar-refractivity contribution in [3.8, 4) is 0 Å². The zero-order chi connectivity index (χ0) is 25.1. The van der Waals surface area contributed by atoms with Crippen LogP contribution in [0.5, 0.6) is 0 Å². The van der Waals surface area contributed by atoms with Gasteiger partial charge < -0.3 is 26.2 Å². The number of likely N-dealkylation sites (N-methyl/N-ethyl adjacent to an activating group) is 1. The molecule has 0 aliphatic carbocycles. The SMILES string of the molecule is CN(C)C(=O)C(=O)c1ccccc1Nc1nc(Nc2ccc(N3CCC(N)C3=O)cc2)ncc1Cl. The number of nitrogens with two attached hydrogens (primary N) is 1. The number of hydrogen-bond donors (Lipinski definition) is 3. The Morgan fingerprint density at radius 3 is 2.49 bits per heavy atom. The van der Waals surface area contributed by atoms with Gasteiger partial charge in [0.15, 0.2) is 5.82 Å². The van der Waals surface area contributed by atoms with Gasteiger partial charge in [-0.1, -0.05) is 23.7 Å². The lowest BCUT2D eigenvalue weighted by Gasteiger charge is -2.17. The Labute approximate surface area is 207 Å². The lowest BCUT2D eigenvalue weighted by Crippen LogP contribution is -2.33. The number of amides is 2. The molecule has 4 rings (SSSR count). The summed E-state index contributed by atoms with van der Waals surface area (Å²) in [6, 6.07) is 13.4. The first-order valence-electron chi connectivity index (χ1n) is 10.8. The van der Waals surface area contributed by atoms with Crippen molar-refractivity contribution in [2.75, 3.05) is 36.2 Å². The van der Waals surface area contributed by atoms with Crippen molar-refractivity contribution in [3.05, 3.63) is 65.3 Å². The van der Waals surface area contributed by atoms with E-state index in [0.29, 0.717) is 24.3 Å². The highest BCUT2D eigenvalue weighted by Crippen LogP contribution is 2.28. The third-order valence-corrected chi connectivity index (χ3v) is 5.73. The summed E-state index contributed by atoms with van der Waals surface area (Å²) in [4.78, 5) is 48.4. The van der Waals surface area contributed by atoms with E-state index in [-0.39, 0.29) is 28.3 Å². The Kier molecular flexibility index (Phi) is 6.94. The molecule has 2 amide bonds. The normalized spacial score (nSPS) is 15.1. The summed E-state index contributed by atoms with van der Waals surface area (Å²) in [5.41, 5.74) is 7.85. The van der Waals surface area contributed by atoms with E-state index in [1.165, 1.54) is 25.2 Å². The van der Waals surface area contributed by atoms with Crippen molar-refractivity contribution >= 4 is 58.0 Å². The second kappa shape index (κ2) is 10.1. The number of ketones is 1. The summed E-state index contributed by atoms with van der Waals surface area (Å²) >= 11 is 6.29. The number of para-hydroxylation sites is 1. The maximum atomic E-state index is 12.6. The summed E-state index contributed by atoms with van der Waals surface area (Å²) in [5, 5.41) is 6.35. The zero-order valence-electron chi connectivity index (χ0n) is 19.2. The Morgan fingerprint density at radius 2 is 1.83 bits per heavy atom. The zero-order valence-corrected chi connectivity index (χ0v) is 19.9. The van der Waals surface area contributed by atoms with Crippen molar-refractivity contribution in [1.29, 1.82) is 0 Å². The smallest absolute Gasteiger partial charge is 0.294 e. The van der Waals surface area contributed by atoms with Gasteiger partial charge in [-0.15, -0.1) is 0 Å². The maximum Gasteiger partial charge on any atom is 0.294 e. The molecule has 2 heterocycles. The van der Waals surface area contributed by atoms with Crippen LogP contribution in [0, 0.1) is 0 Å². The van der Waals surface area contributed by atoms with Crippen LogP contribution in [-0.2, 0) is 9.59 Å². The lowest BCUT2D eigenvalue weighted by atomic mass is 10.1. The van der Waals surface area contributed by atoms with Crippen LogP contribution in [0.3, 0.4) is 0 Å². The maximum absolute atomic E-state index is 12.6. The standard InChI is InChI=1S/C24H24ClN7O3/c1-31(2)23(35)20(33)16-5-3-4-6-19(16)29-21-17(25)13-27-24(30-21)28-14-7-9-15(10-8-14)32-12-11-18(26)22(32)34/h3-10,13,18H,11-12,26H2,1-2H3,(H2,27,28,29,30). The molecule has 0 radical (unpaired) electrons. The number of rotatable bonds is 7. The Balaban J connectivity index is 1.52. The minimum absolute atomic E-state index is 0.0893. The van der Waals surface area contributed by atoms with E-state index in [0.717, 1.165) is 5.69 Å². The molecule has 1 aromatic heterocycles. The van der Waals surface area contributed by atoms with E-state index in [9.17, 15) is 14.4 Å². The van der Waals surface area contributed by atoms with Crippen LogP contribution in [0.15, 0.2) is 54.7 Å². The summed E-state index contributed by atoms with van der Waals surface area (Å²) < 4.78 is 0. The fourth-order valence-corrected chi connectivity index (χ4v) is 3.70. The second-order valence-corrected chi connectivity index (χ2v) is 8.55. The summed E-state index contributed by atoms with van der Waals surface area (Å²) in [5.74, 6) is -0.865. The van der Waals surface area contributed by atoms with Gasteiger partial charge in [0.05, 0.1) is 23.5 Å². The number of aromatic nitrogens is 2. The van der Waals surface area contributed by atoms with Gasteiger partial charge in [-0.05, 0) is 42.8 Å². The number of carbonyl (C=O) groups is 3. The van der Waals surface area contributed by atoms with Crippen LogP contribution in [0.2, 0.25) is 5.02 Å². The number of carbonyl (C=O) groups excluding carboxylic acids is 3. The molecule has 10 nitrogen and oxygen atoms in total. The average molecular weight is 494 g/mol. The third kappa shape index (κ3) is 5.23. The van der Waals surface area contributed by atoms with Gasteiger partial charge in [-0.25, -0.2) is 4.98 Å². The highest BCUT2D eigenvalue weighted by molar-refractivity contribution is 6.43. The van der Waals surface area contributed by atoms with E-state index in [2.05, 4.69) is 20.6 Å². The van der Waals surface area contributed by atoms with E-state index >= 15 is 0 Å². The molecule has 1 aliphatic heterocycles. The van der Waals surface area contributed by atoms with Gasteiger partial charge in [-0.3, -0.25) is 14.4 Å². The predicted octanol–water partition coefficient (Wildman–Crippen LogP) is 2.95. The lowest BCUT2D eigenvalue weighted by molar-refractivity contribution is -0.124. The van der Waals surface area contributed by atoms with E-state index in [4.69, 9.17) is 17.3 Å². The van der Waals surface area contributed by atoms with Gasteiger partial charge >= 0.3 is 0 Å². The molecule has 0 bridgehead atoms. The molecule has 0 spiro atoms. The molecule has 35 heavy (non-hydrogen) atoms. The van der Waals surface area contributed by atoms with Crippen LogP contribution in [0.4, 0.5) is 28.8 Å². The van der Waals surface area contributed by atoms with Crippen LogP contribution in [0.25, 0.3) is 0 Å². The van der Waals surface area contributed by atoms with Crippen LogP contribution < -0.4 is 21.3 Å². The number of benzene rings is 2. The van der Waals surface area contributed by atoms with E-state index in [1.807, 2.05) is 12.1 Å². The van der Waals surface area contributed by atoms with Gasteiger partial charge in [-0.2, -0.15) is 4.98 Å². The largest absolute Gasteiger partial charge is 0.342 e. The monoisotopic (exact) mass is 493 g/mol. The molecule has 1 fully saturated rings. The average Bonchev–Trinajstić information content (AvgIpc) is 3.19. The number of anilines is 5. The summed E-state index contributed by atoms with van der Waals surface area (Å²) in [6.07, 6.45) is 2.05. The molecular weight excluding hydrogens is 470 g/mol. The van der Waals surface area contributed by atoms with Crippen molar-refractivity contribution in [2.24, 2.45) is 5.73 Å². The van der Waals surface area contributed by atoms with Crippen LogP contribution in [0.1, 0.15) is 16.8 Å². The van der Waals surface area contributed by atoms with Gasteiger partial charge in [0.1, 0.15) is 5.02 Å².